The van der Waals surface area contributed by atoms with E-state index in [4.69, 9.17) is 24.9 Å². The topological polar surface area (TPSA) is 64.5 Å². The standard InChI is InChI=1S/C41H25N5S/c1-3-10-27(11-4-1)39-44-40(28-12-5-2-6-13-28)46-41(45-39)31-15-9-14-29(24-31)30-19-18-26-20-22-42-36(34(26)25-30)37-38-33(21-23-43-37)32-16-7-8-17-35(32)47-38/h1-25H. The maximum Gasteiger partial charge on any atom is 0.164 e. The summed E-state index contributed by atoms with van der Waals surface area (Å²) in [6.07, 6.45) is 3.77. The Morgan fingerprint density at radius 1 is 0.383 bits per heavy atom. The van der Waals surface area contributed by atoms with Gasteiger partial charge in [0.2, 0.25) is 0 Å². The largest absolute Gasteiger partial charge is 0.254 e. The van der Waals surface area contributed by atoms with Crippen molar-refractivity contribution in [2.75, 3.05) is 0 Å². The quantitative estimate of drug-likeness (QED) is 0.192. The number of pyridine rings is 2. The summed E-state index contributed by atoms with van der Waals surface area (Å²) < 4.78 is 2.40. The smallest absolute Gasteiger partial charge is 0.164 e. The zero-order valence-electron chi connectivity index (χ0n) is 25.1. The second-order valence-corrected chi connectivity index (χ2v) is 12.4. The van der Waals surface area contributed by atoms with Gasteiger partial charge in [-0.1, -0.05) is 109 Å². The molecular formula is C41H25N5S. The van der Waals surface area contributed by atoms with E-state index < -0.39 is 0 Å². The normalized spacial score (nSPS) is 11.4. The van der Waals surface area contributed by atoms with Gasteiger partial charge in [0.05, 0.1) is 10.4 Å². The highest BCUT2D eigenvalue weighted by Gasteiger charge is 2.16. The van der Waals surface area contributed by atoms with Crippen molar-refractivity contribution in [1.29, 1.82) is 0 Å². The molecule has 0 amide bonds. The molecule has 5 aromatic carbocycles. The van der Waals surface area contributed by atoms with Crippen molar-refractivity contribution in [3.05, 3.63) is 152 Å². The molecule has 0 aliphatic rings. The molecule has 0 spiro atoms. The third kappa shape index (κ3) is 4.92. The minimum Gasteiger partial charge on any atom is -0.254 e. The molecule has 0 saturated carbocycles. The van der Waals surface area contributed by atoms with Crippen molar-refractivity contribution in [1.82, 2.24) is 24.9 Å². The van der Waals surface area contributed by atoms with E-state index in [1.807, 2.05) is 73.1 Å². The van der Waals surface area contributed by atoms with Gasteiger partial charge in [-0.05, 0) is 46.8 Å². The summed E-state index contributed by atoms with van der Waals surface area (Å²) in [5.74, 6) is 1.91. The van der Waals surface area contributed by atoms with Crippen molar-refractivity contribution < 1.29 is 0 Å². The molecule has 4 heterocycles. The Labute approximate surface area is 275 Å². The molecule has 9 aromatic rings. The summed E-state index contributed by atoms with van der Waals surface area (Å²) in [6.45, 7) is 0. The summed E-state index contributed by atoms with van der Waals surface area (Å²) in [5.41, 5.74) is 6.75. The summed E-state index contributed by atoms with van der Waals surface area (Å²) in [5, 5.41) is 4.64. The van der Waals surface area contributed by atoms with E-state index in [0.29, 0.717) is 17.5 Å². The van der Waals surface area contributed by atoms with Gasteiger partial charge in [0.1, 0.15) is 5.69 Å². The van der Waals surface area contributed by atoms with Crippen LogP contribution in [0.4, 0.5) is 0 Å². The number of fused-ring (bicyclic) bond motifs is 4. The third-order valence-corrected chi connectivity index (χ3v) is 9.63. The van der Waals surface area contributed by atoms with Gasteiger partial charge in [0.15, 0.2) is 17.5 Å². The summed E-state index contributed by atoms with van der Waals surface area (Å²) >= 11 is 1.77. The van der Waals surface area contributed by atoms with Gasteiger partial charge in [-0.15, -0.1) is 11.3 Å². The molecule has 0 bridgehead atoms. The average molecular weight is 620 g/mol. The Hall–Kier alpha value is -6.11. The monoisotopic (exact) mass is 619 g/mol. The van der Waals surface area contributed by atoms with E-state index in [2.05, 4.69) is 78.9 Å². The molecule has 0 fully saturated rings. The molecule has 220 valence electrons. The number of hydrogen-bond donors (Lipinski definition) is 0. The molecule has 9 rings (SSSR count). The maximum atomic E-state index is 4.95. The molecule has 4 aromatic heterocycles. The highest BCUT2D eigenvalue weighted by atomic mass is 32.1. The molecule has 0 aliphatic heterocycles. The van der Waals surface area contributed by atoms with Crippen LogP contribution in [0.2, 0.25) is 0 Å². The molecule has 0 aliphatic carbocycles. The number of nitrogens with zero attached hydrogens (tertiary/aromatic N) is 5. The van der Waals surface area contributed by atoms with E-state index in [1.165, 1.54) is 15.5 Å². The van der Waals surface area contributed by atoms with E-state index >= 15 is 0 Å². The average Bonchev–Trinajstić information content (AvgIpc) is 3.54. The molecule has 0 N–H and O–H groups in total. The van der Waals surface area contributed by atoms with Crippen LogP contribution in [0.1, 0.15) is 0 Å². The second-order valence-electron chi connectivity index (χ2n) is 11.3. The first-order valence-electron chi connectivity index (χ1n) is 15.4. The molecule has 6 heteroatoms. The Morgan fingerprint density at radius 2 is 0.979 bits per heavy atom. The Morgan fingerprint density at radius 3 is 1.74 bits per heavy atom. The summed E-state index contributed by atoms with van der Waals surface area (Å²) in [7, 11) is 0. The molecule has 0 saturated heterocycles. The van der Waals surface area contributed by atoms with Crippen LogP contribution in [0.5, 0.6) is 0 Å². The van der Waals surface area contributed by atoms with Crippen molar-refractivity contribution in [2.45, 2.75) is 0 Å². The Bertz CT molecular complexity index is 2520. The van der Waals surface area contributed by atoms with E-state index in [0.717, 1.165) is 54.7 Å². The van der Waals surface area contributed by atoms with E-state index in [-0.39, 0.29) is 0 Å². The number of hydrogen-bond acceptors (Lipinski definition) is 6. The van der Waals surface area contributed by atoms with Gasteiger partial charge < -0.3 is 0 Å². The highest BCUT2D eigenvalue weighted by Crippen LogP contribution is 2.40. The second kappa shape index (κ2) is 11.4. The van der Waals surface area contributed by atoms with Crippen LogP contribution >= 0.6 is 11.3 Å². The lowest BCUT2D eigenvalue weighted by Gasteiger charge is -2.11. The SMILES string of the molecule is c1ccc(-c2nc(-c3ccccc3)nc(-c3cccc(-c4ccc5ccnc(-c6nccc7c6sc6ccccc67)c5c4)c3)n2)cc1. The lowest BCUT2D eigenvalue weighted by molar-refractivity contribution is 1.07. The zero-order chi connectivity index (χ0) is 31.2. The van der Waals surface area contributed by atoms with Gasteiger partial charge in [-0.2, -0.15) is 0 Å². The van der Waals surface area contributed by atoms with Crippen molar-refractivity contribution in [2.24, 2.45) is 0 Å². The third-order valence-electron chi connectivity index (χ3n) is 8.44. The fourth-order valence-electron chi connectivity index (χ4n) is 6.13. The summed E-state index contributed by atoms with van der Waals surface area (Å²) in [6, 6.07) is 47.8. The van der Waals surface area contributed by atoms with Crippen LogP contribution < -0.4 is 0 Å². The molecular weight excluding hydrogens is 595 g/mol. The minimum absolute atomic E-state index is 0.628. The van der Waals surface area contributed by atoms with Gasteiger partial charge in [0.25, 0.3) is 0 Å². The van der Waals surface area contributed by atoms with E-state index in [1.54, 1.807) is 11.3 Å². The van der Waals surface area contributed by atoms with Gasteiger partial charge in [0, 0.05) is 49.9 Å². The first kappa shape index (κ1) is 27.2. The minimum atomic E-state index is 0.628. The molecule has 0 radical (unpaired) electrons. The number of aromatic nitrogens is 5. The van der Waals surface area contributed by atoms with Crippen LogP contribution in [-0.4, -0.2) is 24.9 Å². The Kier molecular flexibility index (Phi) is 6.58. The first-order valence-corrected chi connectivity index (χ1v) is 16.2. The predicted octanol–water partition coefficient (Wildman–Crippen LogP) is 10.5. The fraction of sp³-hybridized carbons (Fsp3) is 0. The molecule has 0 atom stereocenters. The van der Waals surface area contributed by atoms with Crippen LogP contribution in [0.3, 0.4) is 0 Å². The van der Waals surface area contributed by atoms with Gasteiger partial charge in [-0.3, -0.25) is 9.97 Å². The van der Waals surface area contributed by atoms with Crippen molar-refractivity contribution >= 4 is 42.3 Å². The molecule has 47 heavy (non-hydrogen) atoms. The number of rotatable bonds is 5. The van der Waals surface area contributed by atoms with Crippen LogP contribution in [0.25, 0.3) is 87.6 Å². The van der Waals surface area contributed by atoms with Gasteiger partial charge in [-0.25, -0.2) is 15.0 Å². The number of thiophene rings is 1. The van der Waals surface area contributed by atoms with Gasteiger partial charge >= 0.3 is 0 Å². The maximum absolute atomic E-state index is 4.95. The fourth-order valence-corrected chi connectivity index (χ4v) is 7.32. The lowest BCUT2D eigenvalue weighted by Crippen LogP contribution is -2.00. The van der Waals surface area contributed by atoms with Crippen molar-refractivity contribution in [3.8, 4) is 56.7 Å². The lowest BCUT2D eigenvalue weighted by atomic mass is 9.98. The van der Waals surface area contributed by atoms with Crippen LogP contribution in [0.15, 0.2) is 152 Å². The first-order chi connectivity index (χ1) is 23.3. The zero-order valence-corrected chi connectivity index (χ0v) is 25.9. The van der Waals surface area contributed by atoms with Crippen LogP contribution in [0, 0.1) is 0 Å². The van der Waals surface area contributed by atoms with Crippen LogP contribution in [-0.2, 0) is 0 Å². The summed E-state index contributed by atoms with van der Waals surface area (Å²) in [4.78, 5) is 24.5. The Balaban J connectivity index is 1.17. The van der Waals surface area contributed by atoms with E-state index in [9.17, 15) is 0 Å². The predicted molar refractivity (Wildman–Crippen MR) is 193 cm³/mol. The molecule has 5 nitrogen and oxygen atoms in total. The molecule has 0 unspecified atom stereocenters. The van der Waals surface area contributed by atoms with Crippen molar-refractivity contribution in [3.63, 3.8) is 0 Å². The number of benzene rings is 5. The highest BCUT2D eigenvalue weighted by molar-refractivity contribution is 7.26.